The van der Waals surface area contributed by atoms with Gasteiger partial charge in [0.15, 0.2) is 11.5 Å². The summed E-state index contributed by atoms with van der Waals surface area (Å²) in [5, 5.41) is 15.7. The lowest BCUT2D eigenvalue weighted by Crippen LogP contribution is -2.13. The Balaban J connectivity index is 1.72. The Kier molecular flexibility index (Phi) is 5.07. The monoisotopic (exact) mass is 373 g/mol. The number of rotatable bonds is 5. The third-order valence-electron chi connectivity index (χ3n) is 3.74. The van der Waals surface area contributed by atoms with Gasteiger partial charge >= 0.3 is 6.18 Å². The Labute approximate surface area is 152 Å². The van der Waals surface area contributed by atoms with E-state index in [1.54, 1.807) is 6.92 Å². The average Bonchev–Trinajstić information content (AvgIpc) is 3.10. The fourth-order valence-electron chi connectivity index (χ4n) is 2.43. The topological polar surface area (TPSA) is 87.6 Å². The zero-order valence-electron chi connectivity index (χ0n) is 14.2. The first kappa shape index (κ1) is 18.4. The summed E-state index contributed by atoms with van der Waals surface area (Å²) in [6.45, 7) is 1.71. The second-order valence-electron chi connectivity index (χ2n) is 5.78. The molecule has 3 rings (SSSR count). The van der Waals surface area contributed by atoms with Gasteiger partial charge in [-0.25, -0.2) is 4.98 Å². The number of hydrogen-bond donors (Lipinski definition) is 1. The van der Waals surface area contributed by atoms with Crippen molar-refractivity contribution >= 4 is 5.82 Å². The molecule has 1 N–H and O–H groups in total. The van der Waals surface area contributed by atoms with Crippen molar-refractivity contribution in [2.24, 2.45) is 0 Å². The van der Waals surface area contributed by atoms with E-state index in [1.165, 1.54) is 6.07 Å². The van der Waals surface area contributed by atoms with Crippen molar-refractivity contribution in [1.29, 1.82) is 5.26 Å². The Bertz CT molecular complexity index is 963. The van der Waals surface area contributed by atoms with Crippen LogP contribution in [0.3, 0.4) is 0 Å². The molecule has 0 fully saturated rings. The van der Waals surface area contributed by atoms with Crippen molar-refractivity contribution in [1.82, 2.24) is 15.1 Å². The second-order valence-corrected chi connectivity index (χ2v) is 5.78. The standard InChI is InChI=1S/C18H14F3N5O/c1-11(17-25-16(27-26-17)9-12-5-3-2-4-6-12)23-15-8-7-13(18(19,20)21)14(10-22)24-15/h2-8,11H,9H2,1H3,(H,23,24). The Morgan fingerprint density at radius 1 is 1.15 bits per heavy atom. The summed E-state index contributed by atoms with van der Waals surface area (Å²) in [6.07, 6.45) is -4.17. The van der Waals surface area contributed by atoms with Gasteiger partial charge in [-0.15, -0.1) is 0 Å². The SMILES string of the molecule is CC(Nc1ccc(C(F)(F)F)c(C#N)n1)c1noc(Cc2ccccc2)n1. The van der Waals surface area contributed by atoms with Crippen LogP contribution >= 0.6 is 0 Å². The maximum Gasteiger partial charge on any atom is 0.419 e. The van der Waals surface area contributed by atoms with E-state index in [0.717, 1.165) is 17.7 Å². The molecule has 2 aromatic heterocycles. The fraction of sp³-hybridized carbons (Fsp3) is 0.222. The molecule has 0 spiro atoms. The summed E-state index contributed by atoms with van der Waals surface area (Å²) < 4.78 is 43.7. The van der Waals surface area contributed by atoms with Crippen LogP contribution in [0.25, 0.3) is 0 Å². The summed E-state index contributed by atoms with van der Waals surface area (Å²) in [5.74, 6) is 0.866. The van der Waals surface area contributed by atoms with Crippen LogP contribution in [-0.4, -0.2) is 15.1 Å². The van der Waals surface area contributed by atoms with Crippen LogP contribution in [0, 0.1) is 11.3 Å². The number of hydrogen-bond acceptors (Lipinski definition) is 6. The molecule has 9 heteroatoms. The quantitative estimate of drug-likeness (QED) is 0.724. The zero-order chi connectivity index (χ0) is 19.4. The van der Waals surface area contributed by atoms with E-state index in [1.807, 2.05) is 30.3 Å². The summed E-state index contributed by atoms with van der Waals surface area (Å²) >= 11 is 0. The molecule has 138 valence electrons. The van der Waals surface area contributed by atoms with Crippen molar-refractivity contribution in [2.45, 2.75) is 25.6 Å². The minimum atomic E-state index is -4.64. The van der Waals surface area contributed by atoms with Crippen LogP contribution in [0.4, 0.5) is 19.0 Å². The molecule has 6 nitrogen and oxygen atoms in total. The molecule has 0 bridgehead atoms. The van der Waals surface area contributed by atoms with Crippen LogP contribution in [0.15, 0.2) is 47.0 Å². The number of anilines is 1. The third kappa shape index (κ3) is 4.41. The third-order valence-corrected chi connectivity index (χ3v) is 3.74. The smallest absolute Gasteiger partial charge is 0.360 e. The summed E-state index contributed by atoms with van der Waals surface area (Å²) in [5.41, 5.74) is -0.762. The van der Waals surface area contributed by atoms with E-state index in [2.05, 4.69) is 20.4 Å². The van der Waals surface area contributed by atoms with Gasteiger partial charge in [-0.3, -0.25) is 0 Å². The predicted molar refractivity (Wildman–Crippen MR) is 89.5 cm³/mol. The van der Waals surface area contributed by atoms with Gasteiger partial charge in [-0.1, -0.05) is 35.5 Å². The average molecular weight is 373 g/mol. The van der Waals surface area contributed by atoms with E-state index in [4.69, 9.17) is 9.78 Å². The van der Waals surface area contributed by atoms with Gasteiger partial charge in [-0.05, 0) is 24.6 Å². The van der Waals surface area contributed by atoms with Gasteiger partial charge in [0.1, 0.15) is 11.9 Å². The van der Waals surface area contributed by atoms with Crippen molar-refractivity contribution in [3.8, 4) is 6.07 Å². The van der Waals surface area contributed by atoms with Crippen LogP contribution in [0.2, 0.25) is 0 Å². The van der Waals surface area contributed by atoms with Crippen LogP contribution in [0.5, 0.6) is 0 Å². The maximum absolute atomic E-state index is 12.8. The molecule has 0 aliphatic rings. The molecule has 3 aromatic rings. The van der Waals surface area contributed by atoms with Gasteiger partial charge in [0.25, 0.3) is 0 Å². The van der Waals surface area contributed by atoms with E-state index < -0.39 is 23.5 Å². The molecule has 0 aliphatic carbocycles. The highest BCUT2D eigenvalue weighted by atomic mass is 19.4. The van der Waals surface area contributed by atoms with Crippen molar-refractivity contribution in [3.05, 3.63) is 71.0 Å². The van der Waals surface area contributed by atoms with Crippen LogP contribution in [0.1, 0.15) is 41.5 Å². The zero-order valence-corrected chi connectivity index (χ0v) is 14.2. The summed E-state index contributed by atoms with van der Waals surface area (Å²) in [4.78, 5) is 8.01. The highest BCUT2D eigenvalue weighted by Crippen LogP contribution is 2.32. The first-order valence-electron chi connectivity index (χ1n) is 7.98. The molecule has 0 radical (unpaired) electrons. The molecule has 0 aliphatic heterocycles. The van der Waals surface area contributed by atoms with E-state index >= 15 is 0 Å². The number of alkyl halides is 3. The van der Waals surface area contributed by atoms with E-state index in [9.17, 15) is 13.2 Å². The molecule has 1 unspecified atom stereocenters. The fourth-order valence-corrected chi connectivity index (χ4v) is 2.43. The summed E-state index contributed by atoms with van der Waals surface area (Å²) in [6, 6.07) is 12.5. The lowest BCUT2D eigenvalue weighted by Gasteiger charge is -2.13. The van der Waals surface area contributed by atoms with Gasteiger partial charge in [-0.2, -0.15) is 23.4 Å². The van der Waals surface area contributed by atoms with Crippen molar-refractivity contribution in [2.75, 3.05) is 5.32 Å². The molecule has 27 heavy (non-hydrogen) atoms. The largest absolute Gasteiger partial charge is 0.419 e. The molecule has 0 saturated carbocycles. The highest BCUT2D eigenvalue weighted by molar-refractivity contribution is 5.45. The van der Waals surface area contributed by atoms with Gasteiger partial charge in [0, 0.05) is 0 Å². The second kappa shape index (κ2) is 7.45. The number of nitriles is 1. The summed E-state index contributed by atoms with van der Waals surface area (Å²) in [7, 11) is 0. The molecule has 1 aromatic carbocycles. The van der Waals surface area contributed by atoms with Crippen molar-refractivity contribution in [3.63, 3.8) is 0 Å². The molecular weight excluding hydrogens is 359 g/mol. The number of benzene rings is 1. The van der Waals surface area contributed by atoms with Gasteiger partial charge < -0.3 is 9.84 Å². The normalized spacial score (nSPS) is 12.4. The number of nitrogens with one attached hydrogen (secondary N) is 1. The van der Waals surface area contributed by atoms with Gasteiger partial charge in [0.05, 0.1) is 18.0 Å². The lowest BCUT2D eigenvalue weighted by molar-refractivity contribution is -0.138. The Morgan fingerprint density at radius 3 is 2.56 bits per heavy atom. The molecule has 0 amide bonds. The lowest BCUT2D eigenvalue weighted by atomic mass is 10.1. The Morgan fingerprint density at radius 2 is 1.89 bits per heavy atom. The minimum Gasteiger partial charge on any atom is -0.360 e. The molecule has 1 atom stereocenters. The van der Waals surface area contributed by atoms with Gasteiger partial charge in [0.2, 0.25) is 5.89 Å². The number of pyridine rings is 1. The highest BCUT2D eigenvalue weighted by Gasteiger charge is 2.34. The number of aromatic nitrogens is 3. The molecule has 0 saturated heterocycles. The molecule has 2 heterocycles. The number of halogens is 3. The minimum absolute atomic E-state index is 0.112. The van der Waals surface area contributed by atoms with Crippen LogP contribution < -0.4 is 5.32 Å². The predicted octanol–water partition coefficient (Wildman–Crippen LogP) is 4.12. The van der Waals surface area contributed by atoms with Crippen LogP contribution in [-0.2, 0) is 12.6 Å². The first-order chi connectivity index (χ1) is 12.9. The van der Waals surface area contributed by atoms with Crippen molar-refractivity contribution < 1.29 is 17.7 Å². The number of nitrogens with zero attached hydrogens (tertiary/aromatic N) is 4. The molecular formula is C18H14F3N5O. The maximum atomic E-state index is 12.8. The Hall–Kier alpha value is -3.41. The van der Waals surface area contributed by atoms with E-state index in [-0.39, 0.29) is 5.82 Å². The first-order valence-corrected chi connectivity index (χ1v) is 7.98. The van der Waals surface area contributed by atoms with E-state index in [0.29, 0.717) is 18.1 Å².